The van der Waals surface area contributed by atoms with Crippen LogP contribution in [0.3, 0.4) is 0 Å². The van der Waals surface area contributed by atoms with Crippen LogP contribution in [-0.2, 0) is 10.0 Å². The Balaban J connectivity index is 1.87. The first-order chi connectivity index (χ1) is 13.1. The standard InChI is InChI=1S/C19H24N4O4S/c1-13-12-14(2)16(4)18(15(13)3)28(26,27)22-10-8-21(9-11-22)19-17(23(24)25)6-5-7-20-19/h5-7,12H,8-11H2,1-4H3/p+1. The lowest BCUT2D eigenvalue weighted by molar-refractivity contribution is -0.411. The summed E-state index contributed by atoms with van der Waals surface area (Å²) in [5.74, 6) is 0.406. The molecule has 0 spiro atoms. The van der Waals surface area contributed by atoms with Gasteiger partial charge in [-0.3, -0.25) is 15.0 Å². The Morgan fingerprint density at radius 2 is 1.61 bits per heavy atom. The van der Waals surface area contributed by atoms with Crippen LogP contribution in [0.15, 0.2) is 29.3 Å². The lowest BCUT2D eigenvalue weighted by Gasteiger charge is -2.31. The molecule has 1 saturated heterocycles. The van der Waals surface area contributed by atoms with E-state index < -0.39 is 14.9 Å². The van der Waals surface area contributed by atoms with Gasteiger partial charge in [-0.25, -0.2) is 13.4 Å². The zero-order valence-electron chi connectivity index (χ0n) is 16.5. The number of H-pyrrole nitrogens is 1. The number of nitro groups is 1. The molecule has 0 radical (unpaired) electrons. The third kappa shape index (κ3) is 3.47. The molecular weight excluding hydrogens is 380 g/mol. The Morgan fingerprint density at radius 3 is 2.14 bits per heavy atom. The van der Waals surface area contributed by atoms with Crippen molar-refractivity contribution in [3.8, 4) is 0 Å². The van der Waals surface area contributed by atoms with E-state index in [0.29, 0.717) is 23.8 Å². The van der Waals surface area contributed by atoms with Gasteiger partial charge in [0.25, 0.3) is 0 Å². The number of sulfonamides is 1. The van der Waals surface area contributed by atoms with Crippen molar-refractivity contribution in [1.29, 1.82) is 0 Å². The fourth-order valence-corrected chi connectivity index (χ4v) is 5.67. The fourth-order valence-electron chi connectivity index (χ4n) is 3.67. The van der Waals surface area contributed by atoms with Gasteiger partial charge >= 0.3 is 11.5 Å². The molecule has 1 aromatic carbocycles. The first-order valence-electron chi connectivity index (χ1n) is 9.12. The van der Waals surface area contributed by atoms with E-state index in [2.05, 4.69) is 4.98 Å². The van der Waals surface area contributed by atoms with Gasteiger partial charge in [0, 0.05) is 6.07 Å². The summed E-state index contributed by atoms with van der Waals surface area (Å²) in [6.45, 7) is 8.82. The number of hydrogen-bond acceptors (Lipinski definition) is 5. The van der Waals surface area contributed by atoms with E-state index in [1.54, 1.807) is 12.3 Å². The van der Waals surface area contributed by atoms with Crippen LogP contribution in [0.25, 0.3) is 0 Å². The molecule has 0 unspecified atom stereocenters. The SMILES string of the molecule is Cc1cc(C)c(C)c(S(=O)(=O)N2CCN(c3[nH+]cccc3[N+](=O)[O-])CC2)c1C. The number of nitrogens with zero attached hydrogens (tertiary/aromatic N) is 3. The first kappa shape index (κ1) is 20.2. The van der Waals surface area contributed by atoms with Crippen LogP contribution in [0, 0.1) is 37.8 Å². The highest BCUT2D eigenvalue weighted by molar-refractivity contribution is 7.89. The van der Waals surface area contributed by atoms with Gasteiger partial charge in [-0.1, -0.05) is 6.07 Å². The number of rotatable bonds is 4. The second-order valence-electron chi connectivity index (χ2n) is 7.14. The van der Waals surface area contributed by atoms with Crippen LogP contribution in [-0.4, -0.2) is 43.8 Å². The van der Waals surface area contributed by atoms with E-state index in [1.165, 1.54) is 10.4 Å². The zero-order chi connectivity index (χ0) is 20.6. The fraction of sp³-hybridized carbons (Fsp3) is 0.421. The predicted molar refractivity (Wildman–Crippen MR) is 106 cm³/mol. The summed E-state index contributed by atoms with van der Waals surface area (Å²) in [5.41, 5.74) is 3.44. The van der Waals surface area contributed by atoms with Gasteiger partial charge < -0.3 is 0 Å². The number of piperazine rings is 1. The molecule has 8 nitrogen and oxygen atoms in total. The van der Waals surface area contributed by atoms with E-state index in [4.69, 9.17) is 0 Å². The topological polar surface area (TPSA) is 97.9 Å². The number of aromatic amines is 1. The van der Waals surface area contributed by atoms with Crippen LogP contribution in [0.5, 0.6) is 0 Å². The summed E-state index contributed by atoms with van der Waals surface area (Å²) in [6.07, 6.45) is 1.63. The van der Waals surface area contributed by atoms with E-state index >= 15 is 0 Å². The largest absolute Gasteiger partial charge is 0.357 e. The van der Waals surface area contributed by atoms with Crippen LogP contribution in [0.2, 0.25) is 0 Å². The third-order valence-corrected chi connectivity index (χ3v) is 7.63. The van der Waals surface area contributed by atoms with Crippen molar-refractivity contribution >= 4 is 21.5 Å². The molecule has 1 aliphatic heterocycles. The van der Waals surface area contributed by atoms with Crippen LogP contribution >= 0.6 is 0 Å². The number of pyridine rings is 1. The van der Waals surface area contributed by atoms with Crippen molar-refractivity contribution in [2.45, 2.75) is 32.6 Å². The predicted octanol–water partition coefficient (Wildman–Crippen LogP) is 2.15. The zero-order valence-corrected chi connectivity index (χ0v) is 17.3. The molecule has 0 bridgehead atoms. The highest BCUT2D eigenvalue weighted by Gasteiger charge is 2.36. The van der Waals surface area contributed by atoms with Gasteiger partial charge in [0.2, 0.25) is 10.0 Å². The van der Waals surface area contributed by atoms with Gasteiger partial charge in [-0.2, -0.15) is 4.31 Å². The van der Waals surface area contributed by atoms with Gasteiger partial charge in [-0.15, -0.1) is 0 Å². The molecule has 1 aliphatic rings. The molecule has 3 rings (SSSR count). The number of aromatic nitrogens is 1. The maximum atomic E-state index is 13.3. The molecular formula is C19H25N4O4S+. The van der Waals surface area contributed by atoms with Gasteiger partial charge in [0.1, 0.15) is 0 Å². The average Bonchev–Trinajstić information content (AvgIpc) is 2.66. The number of hydrogen-bond donors (Lipinski definition) is 0. The Bertz CT molecular complexity index is 1000. The van der Waals surface area contributed by atoms with Crippen molar-refractivity contribution in [3.05, 3.63) is 56.8 Å². The van der Waals surface area contributed by atoms with E-state index in [9.17, 15) is 18.5 Å². The summed E-state index contributed by atoms with van der Waals surface area (Å²) in [4.78, 5) is 16.0. The molecule has 0 amide bonds. The van der Waals surface area contributed by atoms with Crippen molar-refractivity contribution in [3.63, 3.8) is 0 Å². The van der Waals surface area contributed by atoms with E-state index in [0.717, 1.165) is 22.3 Å². The minimum Gasteiger partial charge on any atom is -0.258 e. The molecule has 0 atom stereocenters. The minimum atomic E-state index is -3.64. The van der Waals surface area contributed by atoms with Gasteiger partial charge in [-0.05, 0) is 56.0 Å². The molecule has 2 heterocycles. The summed E-state index contributed by atoms with van der Waals surface area (Å²) in [6, 6.07) is 5.02. The quantitative estimate of drug-likeness (QED) is 0.573. The molecule has 1 N–H and O–H groups in total. The second kappa shape index (κ2) is 7.48. The molecule has 0 aliphatic carbocycles. The lowest BCUT2D eigenvalue weighted by atomic mass is 10.0. The summed E-state index contributed by atoms with van der Waals surface area (Å²) < 4.78 is 28.2. The monoisotopic (exact) mass is 405 g/mol. The van der Waals surface area contributed by atoms with Crippen molar-refractivity contribution in [2.24, 2.45) is 0 Å². The Labute approximate surface area is 165 Å². The highest BCUT2D eigenvalue weighted by Crippen LogP contribution is 2.30. The van der Waals surface area contributed by atoms with Crippen LogP contribution < -0.4 is 9.88 Å². The lowest BCUT2D eigenvalue weighted by Crippen LogP contribution is -2.50. The van der Waals surface area contributed by atoms with Crippen molar-refractivity contribution < 1.29 is 18.3 Å². The Kier molecular flexibility index (Phi) is 5.40. The van der Waals surface area contributed by atoms with E-state index in [1.807, 2.05) is 38.7 Å². The minimum absolute atomic E-state index is 0.0141. The molecule has 9 heteroatoms. The van der Waals surface area contributed by atoms with Crippen molar-refractivity contribution in [1.82, 2.24) is 4.31 Å². The number of benzene rings is 1. The molecule has 28 heavy (non-hydrogen) atoms. The number of nitrogens with one attached hydrogen (secondary N) is 1. The molecule has 1 fully saturated rings. The average molecular weight is 406 g/mol. The van der Waals surface area contributed by atoms with Gasteiger partial charge in [0.15, 0.2) is 0 Å². The Morgan fingerprint density at radius 1 is 1.04 bits per heavy atom. The number of anilines is 1. The normalized spacial score (nSPS) is 15.6. The van der Waals surface area contributed by atoms with Crippen LogP contribution in [0.4, 0.5) is 11.5 Å². The number of aryl methyl sites for hydroxylation is 2. The molecule has 1 aromatic heterocycles. The van der Waals surface area contributed by atoms with Crippen LogP contribution in [0.1, 0.15) is 22.3 Å². The highest BCUT2D eigenvalue weighted by atomic mass is 32.2. The molecule has 150 valence electrons. The van der Waals surface area contributed by atoms with E-state index in [-0.39, 0.29) is 18.8 Å². The molecule has 0 saturated carbocycles. The molecule has 2 aromatic rings. The summed E-state index contributed by atoms with van der Waals surface area (Å²) in [7, 11) is -3.64. The maximum absolute atomic E-state index is 13.3. The second-order valence-corrected chi connectivity index (χ2v) is 9.02. The Hall–Kier alpha value is -2.52. The summed E-state index contributed by atoms with van der Waals surface area (Å²) in [5, 5.41) is 11.3. The van der Waals surface area contributed by atoms with Gasteiger partial charge in [0.05, 0.1) is 42.2 Å². The maximum Gasteiger partial charge on any atom is 0.357 e. The van der Waals surface area contributed by atoms with Crippen molar-refractivity contribution in [2.75, 3.05) is 31.1 Å². The smallest absolute Gasteiger partial charge is 0.258 e. The summed E-state index contributed by atoms with van der Waals surface area (Å²) >= 11 is 0. The third-order valence-electron chi connectivity index (χ3n) is 5.46. The first-order valence-corrected chi connectivity index (χ1v) is 10.6.